The molecule has 0 aromatic heterocycles. The highest BCUT2D eigenvalue weighted by atomic mass is 16.5. The fraction of sp³-hybridized carbons (Fsp3) is 0.429. The summed E-state index contributed by atoms with van der Waals surface area (Å²) in [5, 5.41) is 3.51. The van der Waals surface area contributed by atoms with E-state index >= 15 is 0 Å². The van der Waals surface area contributed by atoms with Gasteiger partial charge in [-0.25, -0.2) is 0 Å². The molecule has 3 nitrogen and oxygen atoms in total. The lowest BCUT2D eigenvalue weighted by atomic mass is 9.87. The highest BCUT2D eigenvalue weighted by Crippen LogP contribution is 2.23. The SMILES string of the molecule is CC(C)(C)c1ccc(CNc2ccc(N3CCOCC3)cc2)cc1. The zero-order valence-electron chi connectivity index (χ0n) is 15.0. The fourth-order valence-corrected chi connectivity index (χ4v) is 2.94. The third-order valence-electron chi connectivity index (χ3n) is 4.56. The third-order valence-corrected chi connectivity index (χ3v) is 4.56. The summed E-state index contributed by atoms with van der Waals surface area (Å²) in [6.45, 7) is 11.2. The number of anilines is 2. The van der Waals surface area contributed by atoms with Crippen molar-refractivity contribution in [1.29, 1.82) is 0 Å². The van der Waals surface area contributed by atoms with E-state index in [0.717, 1.165) is 38.5 Å². The molecule has 0 unspecified atom stereocenters. The van der Waals surface area contributed by atoms with Crippen molar-refractivity contribution in [2.24, 2.45) is 0 Å². The van der Waals surface area contributed by atoms with E-state index in [0.29, 0.717) is 0 Å². The minimum absolute atomic E-state index is 0.210. The van der Waals surface area contributed by atoms with Crippen molar-refractivity contribution < 1.29 is 4.74 Å². The first-order chi connectivity index (χ1) is 11.5. The van der Waals surface area contributed by atoms with Gasteiger partial charge >= 0.3 is 0 Å². The molecule has 0 saturated carbocycles. The number of hydrogen-bond acceptors (Lipinski definition) is 3. The summed E-state index contributed by atoms with van der Waals surface area (Å²) in [7, 11) is 0. The van der Waals surface area contributed by atoms with Gasteiger partial charge < -0.3 is 15.0 Å². The molecule has 3 rings (SSSR count). The van der Waals surface area contributed by atoms with Crippen LogP contribution in [-0.2, 0) is 16.7 Å². The van der Waals surface area contributed by atoms with Gasteiger partial charge in [0.15, 0.2) is 0 Å². The highest BCUT2D eigenvalue weighted by Gasteiger charge is 2.13. The fourth-order valence-electron chi connectivity index (χ4n) is 2.94. The van der Waals surface area contributed by atoms with Crippen LogP contribution in [0.25, 0.3) is 0 Å². The molecular weight excluding hydrogens is 296 g/mol. The van der Waals surface area contributed by atoms with Crippen LogP contribution < -0.4 is 10.2 Å². The molecule has 0 atom stereocenters. The molecule has 1 aliphatic rings. The molecule has 24 heavy (non-hydrogen) atoms. The van der Waals surface area contributed by atoms with Crippen molar-refractivity contribution in [3.05, 3.63) is 59.7 Å². The summed E-state index contributed by atoms with van der Waals surface area (Å²) >= 11 is 0. The Morgan fingerprint density at radius 2 is 1.54 bits per heavy atom. The van der Waals surface area contributed by atoms with Crippen molar-refractivity contribution in [2.45, 2.75) is 32.7 Å². The number of nitrogens with zero attached hydrogens (tertiary/aromatic N) is 1. The minimum Gasteiger partial charge on any atom is -0.381 e. The van der Waals surface area contributed by atoms with Crippen LogP contribution in [0.3, 0.4) is 0 Å². The molecule has 0 radical (unpaired) electrons. The molecule has 1 N–H and O–H groups in total. The van der Waals surface area contributed by atoms with Crippen molar-refractivity contribution in [3.8, 4) is 0 Å². The van der Waals surface area contributed by atoms with Crippen molar-refractivity contribution in [2.75, 3.05) is 36.5 Å². The molecule has 128 valence electrons. The van der Waals surface area contributed by atoms with Crippen LogP contribution in [0.5, 0.6) is 0 Å². The van der Waals surface area contributed by atoms with Gasteiger partial charge in [0.1, 0.15) is 0 Å². The van der Waals surface area contributed by atoms with Gasteiger partial charge in [0, 0.05) is 31.0 Å². The van der Waals surface area contributed by atoms with Crippen LogP contribution in [0, 0.1) is 0 Å². The van der Waals surface area contributed by atoms with Gasteiger partial charge in [-0.05, 0) is 40.8 Å². The molecule has 1 fully saturated rings. The van der Waals surface area contributed by atoms with Crippen LogP contribution in [0.1, 0.15) is 31.9 Å². The van der Waals surface area contributed by atoms with E-state index in [1.807, 2.05) is 0 Å². The van der Waals surface area contributed by atoms with E-state index in [1.54, 1.807) is 0 Å². The number of nitrogens with one attached hydrogen (secondary N) is 1. The highest BCUT2D eigenvalue weighted by molar-refractivity contribution is 5.55. The molecule has 1 saturated heterocycles. The van der Waals surface area contributed by atoms with Crippen LogP contribution in [0.4, 0.5) is 11.4 Å². The quantitative estimate of drug-likeness (QED) is 0.900. The number of benzene rings is 2. The molecule has 2 aromatic rings. The molecule has 0 spiro atoms. The average Bonchev–Trinajstić information content (AvgIpc) is 2.61. The van der Waals surface area contributed by atoms with Crippen LogP contribution in [0.15, 0.2) is 48.5 Å². The van der Waals surface area contributed by atoms with Gasteiger partial charge in [0.05, 0.1) is 13.2 Å². The van der Waals surface area contributed by atoms with Gasteiger partial charge in [-0.3, -0.25) is 0 Å². The third kappa shape index (κ3) is 4.30. The number of hydrogen-bond donors (Lipinski definition) is 1. The summed E-state index contributed by atoms with van der Waals surface area (Å²) in [6, 6.07) is 17.6. The van der Waals surface area contributed by atoms with Gasteiger partial charge in [-0.15, -0.1) is 0 Å². The number of rotatable bonds is 4. The van der Waals surface area contributed by atoms with Gasteiger partial charge in [-0.1, -0.05) is 45.0 Å². The Morgan fingerprint density at radius 3 is 2.12 bits per heavy atom. The molecular formula is C21H28N2O. The number of ether oxygens (including phenoxy) is 1. The Hall–Kier alpha value is -2.00. The predicted octanol–water partition coefficient (Wildman–Crippen LogP) is 4.43. The van der Waals surface area contributed by atoms with Crippen LogP contribution in [0.2, 0.25) is 0 Å². The molecule has 2 aromatic carbocycles. The molecule has 0 amide bonds. The summed E-state index contributed by atoms with van der Waals surface area (Å²) in [6.07, 6.45) is 0. The van der Waals surface area contributed by atoms with Gasteiger partial charge in [-0.2, -0.15) is 0 Å². The zero-order valence-corrected chi connectivity index (χ0v) is 15.0. The second-order valence-corrected chi connectivity index (χ2v) is 7.45. The Morgan fingerprint density at radius 1 is 0.917 bits per heavy atom. The monoisotopic (exact) mass is 324 g/mol. The van der Waals surface area contributed by atoms with E-state index in [2.05, 4.69) is 79.5 Å². The lowest BCUT2D eigenvalue weighted by Crippen LogP contribution is -2.36. The summed E-state index contributed by atoms with van der Waals surface area (Å²) in [5.41, 5.74) is 5.33. The second-order valence-electron chi connectivity index (χ2n) is 7.45. The largest absolute Gasteiger partial charge is 0.381 e. The summed E-state index contributed by atoms with van der Waals surface area (Å²) in [5.74, 6) is 0. The van der Waals surface area contributed by atoms with Crippen molar-refractivity contribution in [3.63, 3.8) is 0 Å². The zero-order chi connectivity index (χ0) is 17.0. The van der Waals surface area contributed by atoms with E-state index in [-0.39, 0.29) is 5.41 Å². The van der Waals surface area contributed by atoms with E-state index in [9.17, 15) is 0 Å². The molecule has 0 aliphatic carbocycles. The Kier molecular flexibility index (Phi) is 5.10. The van der Waals surface area contributed by atoms with E-state index < -0.39 is 0 Å². The smallest absolute Gasteiger partial charge is 0.0642 e. The van der Waals surface area contributed by atoms with E-state index in [1.165, 1.54) is 16.8 Å². The molecule has 3 heteroatoms. The number of morpholine rings is 1. The first-order valence-corrected chi connectivity index (χ1v) is 8.78. The topological polar surface area (TPSA) is 24.5 Å². The van der Waals surface area contributed by atoms with Crippen LogP contribution >= 0.6 is 0 Å². The lowest BCUT2D eigenvalue weighted by molar-refractivity contribution is 0.122. The van der Waals surface area contributed by atoms with Crippen molar-refractivity contribution in [1.82, 2.24) is 0 Å². The first kappa shape index (κ1) is 16.8. The van der Waals surface area contributed by atoms with Gasteiger partial charge in [0.2, 0.25) is 0 Å². The van der Waals surface area contributed by atoms with Gasteiger partial charge in [0.25, 0.3) is 0 Å². The Bertz CT molecular complexity index is 635. The normalized spacial score (nSPS) is 15.4. The average molecular weight is 324 g/mol. The molecule has 1 aliphatic heterocycles. The summed E-state index contributed by atoms with van der Waals surface area (Å²) in [4.78, 5) is 2.37. The standard InChI is InChI=1S/C21H28N2O/c1-21(2,3)18-6-4-17(5-7-18)16-22-19-8-10-20(11-9-19)23-12-14-24-15-13-23/h4-11,22H,12-16H2,1-3H3. The Labute approximate surface area is 145 Å². The minimum atomic E-state index is 0.210. The predicted molar refractivity (Wildman–Crippen MR) is 102 cm³/mol. The van der Waals surface area contributed by atoms with Crippen molar-refractivity contribution >= 4 is 11.4 Å². The maximum atomic E-state index is 5.41. The summed E-state index contributed by atoms with van der Waals surface area (Å²) < 4.78 is 5.41. The second kappa shape index (κ2) is 7.27. The molecule has 0 bridgehead atoms. The maximum absolute atomic E-state index is 5.41. The van der Waals surface area contributed by atoms with E-state index in [4.69, 9.17) is 4.74 Å². The lowest BCUT2D eigenvalue weighted by Gasteiger charge is -2.29. The molecule has 1 heterocycles. The van der Waals surface area contributed by atoms with Crippen LogP contribution in [-0.4, -0.2) is 26.3 Å². The Balaban J connectivity index is 1.56. The maximum Gasteiger partial charge on any atom is 0.0642 e. The first-order valence-electron chi connectivity index (χ1n) is 8.78.